The van der Waals surface area contributed by atoms with Crippen molar-refractivity contribution >= 4 is 28.0 Å². The highest BCUT2D eigenvalue weighted by Gasteiger charge is 2.23. The van der Waals surface area contributed by atoms with Crippen molar-refractivity contribution in [3.8, 4) is 0 Å². The van der Waals surface area contributed by atoms with E-state index in [2.05, 4.69) is 20.6 Å². The molecule has 2 aromatic carbocycles. The number of aryl methyl sites for hydroxylation is 1. The smallest absolute Gasteiger partial charge is 0.274 e. The minimum absolute atomic E-state index is 0.0937. The summed E-state index contributed by atoms with van der Waals surface area (Å²) >= 11 is 0. The number of rotatable bonds is 1. The van der Waals surface area contributed by atoms with Crippen LogP contribution in [-0.4, -0.2) is 36.9 Å². The third kappa shape index (κ3) is 2.42. The summed E-state index contributed by atoms with van der Waals surface area (Å²) in [5, 5.41) is 0. The normalized spacial score (nSPS) is 14.4. The quantitative estimate of drug-likeness (QED) is 0.533. The molecule has 4 aromatic rings. The Morgan fingerprint density at radius 1 is 0.885 bits per heavy atom. The predicted octanol–water partition coefficient (Wildman–Crippen LogP) is 3.03. The molecule has 2 aromatic heterocycles. The van der Waals surface area contributed by atoms with E-state index >= 15 is 0 Å². The van der Waals surface area contributed by atoms with Crippen LogP contribution in [0.4, 0.5) is 0 Å². The number of para-hydroxylation sites is 4. The van der Waals surface area contributed by atoms with Gasteiger partial charge in [0.25, 0.3) is 5.91 Å². The first kappa shape index (κ1) is 15.0. The molecule has 5 rings (SSSR count). The van der Waals surface area contributed by atoms with E-state index in [1.54, 1.807) is 6.20 Å². The summed E-state index contributed by atoms with van der Waals surface area (Å²) in [6, 6.07) is 15.7. The Balaban J connectivity index is 1.49. The zero-order valence-electron chi connectivity index (χ0n) is 14.2. The first-order chi connectivity index (χ1) is 12.8. The van der Waals surface area contributed by atoms with E-state index in [-0.39, 0.29) is 5.91 Å². The second-order valence-corrected chi connectivity index (χ2v) is 6.49. The Hall–Kier alpha value is -3.28. The fourth-order valence-electron chi connectivity index (χ4n) is 3.56. The van der Waals surface area contributed by atoms with Crippen molar-refractivity contribution in [3.63, 3.8) is 0 Å². The average Bonchev–Trinajstić information content (AvgIpc) is 2.89. The standard InChI is InChI=1S/C20H17N5O/c26-20(17-12-21-14-6-1-2-7-15(14)22-17)24-10-5-11-25-18-9-4-3-8-16(18)23-19(25)13-24/h1-4,6-9,12H,5,10-11,13H2. The lowest BCUT2D eigenvalue weighted by atomic mass is 10.2. The Bertz CT molecular complexity index is 1130. The molecule has 3 heterocycles. The van der Waals surface area contributed by atoms with Crippen molar-refractivity contribution in [2.45, 2.75) is 19.5 Å². The van der Waals surface area contributed by atoms with Crippen LogP contribution >= 0.6 is 0 Å². The summed E-state index contributed by atoms with van der Waals surface area (Å²) in [7, 11) is 0. The molecule has 1 amide bonds. The highest BCUT2D eigenvalue weighted by atomic mass is 16.2. The average molecular weight is 343 g/mol. The number of hydrogen-bond acceptors (Lipinski definition) is 4. The molecular weight excluding hydrogens is 326 g/mol. The molecular formula is C20H17N5O. The number of benzene rings is 2. The van der Waals surface area contributed by atoms with Crippen LogP contribution in [0.3, 0.4) is 0 Å². The summed E-state index contributed by atoms with van der Waals surface area (Å²) in [5.41, 5.74) is 4.01. The lowest BCUT2D eigenvalue weighted by Crippen LogP contribution is -2.31. The molecule has 0 saturated heterocycles. The summed E-state index contributed by atoms with van der Waals surface area (Å²) in [4.78, 5) is 28.4. The molecule has 1 aliphatic rings. The number of imidazole rings is 1. The summed E-state index contributed by atoms with van der Waals surface area (Å²) < 4.78 is 2.22. The first-order valence-corrected chi connectivity index (χ1v) is 8.75. The van der Waals surface area contributed by atoms with E-state index in [0.717, 1.165) is 40.9 Å². The molecule has 6 nitrogen and oxygen atoms in total. The van der Waals surface area contributed by atoms with Crippen molar-refractivity contribution < 1.29 is 4.79 Å². The van der Waals surface area contributed by atoms with E-state index in [0.29, 0.717) is 18.8 Å². The maximum absolute atomic E-state index is 13.0. The number of carbonyl (C=O) groups excluding carboxylic acids is 1. The second-order valence-electron chi connectivity index (χ2n) is 6.49. The zero-order chi connectivity index (χ0) is 17.5. The van der Waals surface area contributed by atoms with Gasteiger partial charge < -0.3 is 9.47 Å². The monoisotopic (exact) mass is 343 g/mol. The summed E-state index contributed by atoms with van der Waals surface area (Å²) in [6.45, 7) is 2.04. The number of amides is 1. The Morgan fingerprint density at radius 3 is 2.54 bits per heavy atom. The second kappa shape index (κ2) is 5.91. The van der Waals surface area contributed by atoms with Crippen LogP contribution in [0.1, 0.15) is 22.7 Å². The Kier molecular flexibility index (Phi) is 3.41. The highest BCUT2D eigenvalue weighted by Crippen LogP contribution is 2.21. The number of carbonyl (C=O) groups is 1. The molecule has 0 radical (unpaired) electrons. The number of nitrogens with zero attached hydrogens (tertiary/aromatic N) is 5. The first-order valence-electron chi connectivity index (χ1n) is 8.75. The lowest BCUT2D eigenvalue weighted by Gasteiger charge is -2.19. The van der Waals surface area contributed by atoms with Gasteiger partial charge in [-0.15, -0.1) is 0 Å². The van der Waals surface area contributed by atoms with Crippen LogP contribution in [0.15, 0.2) is 54.7 Å². The van der Waals surface area contributed by atoms with Gasteiger partial charge in [0.15, 0.2) is 0 Å². The number of fused-ring (bicyclic) bond motifs is 4. The molecule has 0 unspecified atom stereocenters. The van der Waals surface area contributed by atoms with Gasteiger partial charge in [0, 0.05) is 13.1 Å². The van der Waals surface area contributed by atoms with Crippen LogP contribution < -0.4 is 0 Å². The topological polar surface area (TPSA) is 63.9 Å². The highest BCUT2D eigenvalue weighted by molar-refractivity contribution is 5.93. The van der Waals surface area contributed by atoms with Crippen LogP contribution in [-0.2, 0) is 13.1 Å². The van der Waals surface area contributed by atoms with Gasteiger partial charge in [-0.25, -0.2) is 9.97 Å². The molecule has 0 spiro atoms. The van der Waals surface area contributed by atoms with Crippen molar-refractivity contribution in [1.29, 1.82) is 0 Å². The van der Waals surface area contributed by atoms with E-state index in [9.17, 15) is 4.79 Å². The fraction of sp³-hybridized carbons (Fsp3) is 0.200. The predicted molar refractivity (Wildman–Crippen MR) is 98.6 cm³/mol. The van der Waals surface area contributed by atoms with Gasteiger partial charge in [-0.1, -0.05) is 24.3 Å². The molecule has 0 saturated carbocycles. The molecule has 26 heavy (non-hydrogen) atoms. The molecule has 6 heteroatoms. The third-order valence-corrected chi connectivity index (χ3v) is 4.83. The van der Waals surface area contributed by atoms with Crippen molar-refractivity contribution in [2.24, 2.45) is 0 Å². The van der Waals surface area contributed by atoms with Gasteiger partial charge in [0.2, 0.25) is 0 Å². The molecule has 1 aliphatic heterocycles. The molecule has 0 aliphatic carbocycles. The maximum Gasteiger partial charge on any atom is 0.274 e. The van der Waals surface area contributed by atoms with Gasteiger partial charge in [-0.2, -0.15) is 0 Å². The van der Waals surface area contributed by atoms with E-state index < -0.39 is 0 Å². The van der Waals surface area contributed by atoms with Crippen LogP contribution in [0.5, 0.6) is 0 Å². The number of hydrogen-bond donors (Lipinski definition) is 0. The minimum atomic E-state index is -0.0937. The Morgan fingerprint density at radius 2 is 1.65 bits per heavy atom. The minimum Gasteiger partial charge on any atom is -0.330 e. The van der Waals surface area contributed by atoms with Gasteiger partial charge >= 0.3 is 0 Å². The fourth-order valence-corrected chi connectivity index (χ4v) is 3.56. The van der Waals surface area contributed by atoms with Crippen LogP contribution in [0.2, 0.25) is 0 Å². The van der Waals surface area contributed by atoms with E-state index in [1.165, 1.54) is 0 Å². The van der Waals surface area contributed by atoms with Gasteiger partial charge in [0.1, 0.15) is 11.5 Å². The lowest BCUT2D eigenvalue weighted by molar-refractivity contribution is 0.0738. The van der Waals surface area contributed by atoms with Gasteiger partial charge in [-0.3, -0.25) is 9.78 Å². The largest absolute Gasteiger partial charge is 0.330 e. The van der Waals surface area contributed by atoms with Crippen molar-refractivity contribution in [2.75, 3.05) is 6.54 Å². The van der Waals surface area contributed by atoms with Crippen LogP contribution in [0, 0.1) is 0 Å². The molecule has 0 N–H and O–H groups in total. The van der Waals surface area contributed by atoms with Gasteiger partial charge in [-0.05, 0) is 30.7 Å². The molecule has 0 atom stereocenters. The van der Waals surface area contributed by atoms with Crippen molar-refractivity contribution in [1.82, 2.24) is 24.4 Å². The Labute approximate surface area is 150 Å². The molecule has 128 valence electrons. The SMILES string of the molecule is O=C(c1cnc2ccccc2n1)N1CCCn2c(nc3ccccc32)C1. The summed E-state index contributed by atoms with van der Waals surface area (Å²) in [5.74, 6) is 0.828. The third-order valence-electron chi connectivity index (χ3n) is 4.83. The van der Waals surface area contributed by atoms with Crippen LogP contribution in [0.25, 0.3) is 22.1 Å². The number of aromatic nitrogens is 4. The van der Waals surface area contributed by atoms with E-state index in [4.69, 9.17) is 4.98 Å². The maximum atomic E-state index is 13.0. The molecule has 0 fully saturated rings. The van der Waals surface area contributed by atoms with Crippen molar-refractivity contribution in [3.05, 3.63) is 66.2 Å². The van der Waals surface area contributed by atoms with Gasteiger partial charge in [0.05, 0.1) is 34.8 Å². The molecule has 0 bridgehead atoms. The zero-order valence-corrected chi connectivity index (χ0v) is 14.2. The van der Waals surface area contributed by atoms with E-state index in [1.807, 2.05) is 47.4 Å². The summed E-state index contributed by atoms with van der Waals surface area (Å²) in [6.07, 6.45) is 2.46.